The van der Waals surface area contributed by atoms with Gasteiger partial charge in [-0.3, -0.25) is 0 Å². The van der Waals surface area contributed by atoms with Gasteiger partial charge in [0.15, 0.2) is 0 Å². The van der Waals surface area contributed by atoms with Crippen molar-refractivity contribution in [1.82, 2.24) is 19.5 Å². The first-order valence-corrected chi connectivity index (χ1v) is 12.4. The van der Waals surface area contributed by atoms with Crippen LogP contribution in [0.3, 0.4) is 0 Å². The Balaban J connectivity index is 0.00000267. The summed E-state index contributed by atoms with van der Waals surface area (Å²) in [7, 11) is 0. The number of nitriles is 1. The van der Waals surface area contributed by atoms with E-state index in [0.29, 0.717) is 17.3 Å². The molecule has 0 radical (unpaired) electrons. The van der Waals surface area contributed by atoms with Crippen molar-refractivity contribution >= 4 is 35.1 Å². The summed E-state index contributed by atoms with van der Waals surface area (Å²) >= 11 is 0. The second-order valence-corrected chi connectivity index (χ2v) is 9.87. The van der Waals surface area contributed by atoms with E-state index in [1.807, 2.05) is 12.4 Å². The smallest absolute Gasteiger partial charge is 0.132 e. The van der Waals surface area contributed by atoms with E-state index in [1.165, 1.54) is 24.8 Å². The van der Waals surface area contributed by atoms with Crippen molar-refractivity contribution in [3.05, 3.63) is 66.1 Å². The maximum atomic E-state index is 10.4. The number of anilines is 2. The number of halogens is 1. The predicted molar refractivity (Wildman–Crippen MR) is 143 cm³/mol. The SMILES string of the molecule is Cl.N#Cc1ccnc(Nc2cc(C3CC3)cc(-c3ccc4ncn(C5(CO)CCCCC5)c4c3)n2)c1. The van der Waals surface area contributed by atoms with Gasteiger partial charge in [-0.15, -0.1) is 12.4 Å². The van der Waals surface area contributed by atoms with Gasteiger partial charge < -0.3 is 15.0 Å². The largest absolute Gasteiger partial charge is 0.394 e. The van der Waals surface area contributed by atoms with Crippen molar-refractivity contribution in [3.63, 3.8) is 0 Å². The van der Waals surface area contributed by atoms with Crippen molar-refractivity contribution in [2.24, 2.45) is 0 Å². The Morgan fingerprint density at radius 2 is 1.86 bits per heavy atom. The molecule has 0 bridgehead atoms. The lowest BCUT2D eigenvalue weighted by Gasteiger charge is -2.37. The molecule has 184 valence electrons. The number of aliphatic hydroxyl groups is 1. The Hall–Kier alpha value is -3.47. The molecule has 0 atom stereocenters. The normalized spacial score (nSPS) is 16.8. The highest BCUT2D eigenvalue weighted by atomic mass is 35.5. The fraction of sp³-hybridized carbons (Fsp3) is 0.357. The summed E-state index contributed by atoms with van der Waals surface area (Å²) in [6.45, 7) is 0.126. The predicted octanol–water partition coefficient (Wildman–Crippen LogP) is 6.06. The van der Waals surface area contributed by atoms with Crippen LogP contribution >= 0.6 is 12.4 Å². The quantitative estimate of drug-likeness (QED) is 0.334. The number of pyridine rings is 2. The van der Waals surface area contributed by atoms with E-state index in [9.17, 15) is 10.4 Å². The van der Waals surface area contributed by atoms with Crippen molar-refractivity contribution in [2.45, 2.75) is 56.4 Å². The Morgan fingerprint density at radius 1 is 1.03 bits per heavy atom. The van der Waals surface area contributed by atoms with E-state index in [2.05, 4.69) is 50.2 Å². The fourth-order valence-electron chi connectivity index (χ4n) is 5.35. The van der Waals surface area contributed by atoms with Crippen LogP contribution in [0.5, 0.6) is 0 Å². The molecule has 6 rings (SSSR count). The highest BCUT2D eigenvalue weighted by molar-refractivity contribution is 5.85. The summed E-state index contributed by atoms with van der Waals surface area (Å²) in [5.74, 6) is 1.88. The number of fused-ring (bicyclic) bond motifs is 1. The van der Waals surface area contributed by atoms with Gasteiger partial charge in [-0.1, -0.05) is 25.3 Å². The maximum Gasteiger partial charge on any atom is 0.132 e. The molecule has 3 aromatic heterocycles. The van der Waals surface area contributed by atoms with Crippen LogP contribution in [0.25, 0.3) is 22.3 Å². The molecule has 2 aliphatic carbocycles. The van der Waals surface area contributed by atoms with Gasteiger partial charge in [0.2, 0.25) is 0 Å². The summed E-state index contributed by atoms with van der Waals surface area (Å²) < 4.78 is 2.20. The van der Waals surface area contributed by atoms with E-state index in [0.717, 1.165) is 53.8 Å². The monoisotopic (exact) mass is 500 g/mol. The number of rotatable bonds is 6. The molecule has 8 heteroatoms. The second-order valence-electron chi connectivity index (χ2n) is 9.87. The molecule has 0 unspecified atom stereocenters. The topological polar surface area (TPSA) is 99.7 Å². The lowest BCUT2D eigenvalue weighted by molar-refractivity contribution is 0.0941. The zero-order valence-electron chi connectivity index (χ0n) is 20.0. The van der Waals surface area contributed by atoms with Crippen LogP contribution in [0.1, 0.15) is 62.0 Å². The first-order chi connectivity index (χ1) is 17.2. The van der Waals surface area contributed by atoms with Crippen LogP contribution < -0.4 is 5.32 Å². The van der Waals surface area contributed by atoms with Gasteiger partial charge >= 0.3 is 0 Å². The van der Waals surface area contributed by atoms with Crippen LogP contribution in [-0.2, 0) is 5.54 Å². The van der Waals surface area contributed by atoms with Crippen LogP contribution in [0.4, 0.5) is 11.6 Å². The number of nitrogens with zero attached hydrogens (tertiary/aromatic N) is 5. The van der Waals surface area contributed by atoms with Crippen LogP contribution in [0, 0.1) is 11.3 Å². The van der Waals surface area contributed by atoms with E-state index in [1.54, 1.807) is 18.3 Å². The molecule has 0 spiro atoms. The minimum atomic E-state index is -0.279. The molecule has 2 N–H and O–H groups in total. The number of aromatic nitrogens is 4. The number of nitrogens with one attached hydrogen (secondary N) is 1. The molecule has 0 amide bonds. The first-order valence-electron chi connectivity index (χ1n) is 12.4. The van der Waals surface area contributed by atoms with E-state index >= 15 is 0 Å². The van der Waals surface area contributed by atoms with Gasteiger partial charge in [-0.25, -0.2) is 15.0 Å². The molecule has 0 saturated heterocycles. The number of benzene rings is 1. The average molecular weight is 501 g/mol. The Bertz CT molecular complexity index is 1430. The van der Waals surface area contributed by atoms with Gasteiger partial charge in [-0.2, -0.15) is 5.26 Å². The lowest BCUT2D eigenvalue weighted by Crippen LogP contribution is -2.39. The Kier molecular flexibility index (Phi) is 6.65. The standard InChI is InChI=1S/C28H28N6O.ClH/c29-16-19-8-11-30-26(12-19)33-27-15-22(20-4-5-20)13-24(32-27)21-6-7-23-25(14-21)34(18-31-23)28(17-35)9-2-1-3-10-28;/h6-8,11-15,18,20,35H,1-5,9-10,17H2,(H,30,32,33);1H. The average Bonchev–Trinajstić information content (AvgIpc) is 3.67. The maximum absolute atomic E-state index is 10.4. The third-order valence-corrected chi connectivity index (χ3v) is 7.47. The third-order valence-electron chi connectivity index (χ3n) is 7.47. The van der Waals surface area contributed by atoms with Crippen molar-refractivity contribution in [3.8, 4) is 17.3 Å². The number of hydrogen-bond donors (Lipinski definition) is 2. The molecule has 3 heterocycles. The first kappa shape index (κ1) is 24.2. The molecule has 2 fully saturated rings. The lowest BCUT2D eigenvalue weighted by atomic mass is 9.82. The number of aliphatic hydroxyl groups excluding tert-OH is 1. The summed E-state index contributed by atoms with van der Waals surface area (Å²) in [4.78, 5) is 13.9. The van der Waals surface area contributed by atoms with Gasteiger partial charge in [0, 0.05) is 11.8 Å². The fourth-order valence-corrected chi connectivity index (χ4v) is 5.35. The second kappa shape index (κ2) is 9.88. The van der Waals surface area contributed by atoms with Gasteiger partial charge in [0.25, 0.3) is 0 Å². The minimum Gasteiger partial charge on any atom is -0.394 e. The third kappa shape index (κ3) is 4.55. The summed E-state index contributed by atoms with van der Waals surface area (Å²) in [5.41, 5.74) is 5.43. The highest BCUT2D eigenvalue weighted by Crippen LogP contribution is 2.42. The Labute approximate surface area is 216 Å². The molecule has 36 heavy (non-hydrogen) atoms. The van der Waals surface area contributed by atoms with Gasteiger partial charge in [0.05, 0.1) is 46.8 Å². The number of hydrogen-bond acceptors (Lipinski definition) is 6. The van der Waals surface area contributed by atoms with Gasteiger partial charge in [0.1, 0.15) is 11.6 Å². The zero-order valence-corrected chi connectivity index (χ0v) is 20.8. The van der Waals surface area contributed by atoms with E-state index in [-0.39, 0.29) is 24.6 Å². The summed E-state index contributed by atoms with van der Waals surface area (Å²) in [5, 5.41) is 22.9. The van der Waals surface area contributed by atoms with E-state index in [4.69, 9.17) is 4.98 Å². The van der Waals surface area contributed by atoms with Crippen LogP contribution in [0.15, 0.2) is 55.0 Å². The molecule has 0 aliphatic heterocycles. The Morgan fingerprint density at radius 3 is 2.61 bits per heavy atom. The van der Waals surface area contributed by atoms with Crippen molar-refractivity contribution < 1.29 is 5.11 Å². The van der Waals surface area contributed by atoms with Crippen LogP contribution in [-0.4, -0.2) is 31.2 Å². The molecule has 2 aliphatic rings. The molecule has 4 aromatic rings. The van der Waals surface area contributed by atoms with E-state index < -0.39 is 0 Å². The van der Waals surface area contributed by atoms with Crippen molar-refractivity contribution in [2.75, 3.05) is 11.9 Å². The van der Waals surface area contributed by atoms with Gasteiger partial charge in [-0.05, 0) is 73.6 Å². The molecule has 1 aromatic carbocycles. The van der Waals surface area contributed by atoms with Crippen molar-refractivity contribution in [1.29, 1.82) is 5.26 Å². The number of imidazole rings is 1. The minimum absolute atomic E-state index is 0. The molecule has 2 saturated carbocycles. The summed E-state index contributed by atoms with van der Waals surface area (Å²) in [6.07, 6.45) is 11.3. The zero-order chi connectivity index (χ0) is 23.8. The molecular weight excluding hydrogens is 472 g/mol. The van der Waals surface area contributed by atoms with Crippen LogP contribution in [0.2, 0.25) is 0 Å². The highest BCUT2D eigenvalue weighted by Gasteiger charge is 2.34. The molecular formula is C28H29ClN6O. The molecule has 7 nitrogen and oxygen atoms in total. The summed E-state index contributed by atoms with van der Waals surface area (Å²) in [6, 6.07) is 16.1.